The summed E-state index contributed by atoms with van der Waals surface area (Å²) in [7, 11) is 0. The van der Waals surface area contributed by atoms with E-state index < -0.39 is 0 Å². The first-order valence-corrected chi connectivity index (χ1v) is 4.34. The fourth-order valence-electron chi connectivity index (χ4n) is 1.15. The van der Waals surface area contributed by atoms with Gasteiger partial charge in [-0.15, -0.1) is 11.6 Å². The molecule has 0 atom stereocenters. The van der Waals surface area contributed by atoms with Crippen molar-refractivity contribution in [1.82, 2.24) is 19.7 Å². The van der Waals surface area contributed by atoms with E-state index in [0.29, 0.717) is 18.2 Å². The van der Waals surface area contributed by atoms with Crippen LogP contribution in [-0.2, 0) is 6.54 Å². The van der Waals surface area contributed by atoms with Crippen LogP contribution in [0.25, 0.3) is 11.0 Å². The molecule has 0 aromatic carbocycles. The summed E-state index contributed by atoms with van der Waals surface area (Å²) in [6, 6.07) is 0. The van der Waals surface area contributed by atoms with Crippen LogP contribution < -0.4 is 5.73 Å². The average molecular weight is 198 g/mol. The van der Waals surface area contributed by atoms with Gasteiger partial charge in [0.25, 0.3) is 0 Å². The van der Waals surface area contributed by atoms with Gasteiger partial charge in [-0.25, -0.2) is 14.6 Å². The van der Waals surface area contributed by atoms with Crippen molar-refractivity contribution in [3.8, 4) is 0 Å². The van der Waals surface area contributed by atoms with Crippen molar-refractivity contribution in [2.75, 3.05) is 11.6 Å². The van der Waals surface area contributed by atoms with Gasteiger partial charge in [-0.05, 0) is 0 Å². The van der Waals surface area contributed by atoms with Gasteiger partial charge in [0, 0.05) is 5.88 Å². The fraction of sp³-hybridized carbons (Fsp3) is 0.286. The van der Waals surface area contributed by atoms with Gasteiger partial charge in [-0.1, -0.05) is 0 Å². The van der Waals surface area contributed by atoms with Crippen LogP contribution in [0.1, 0.15) is 0 Å². The molecule has 0 saturated heterocycles. The lowest BCUT2D eigenvalue weighted by Gasteiger charge is -1.98. The minimum atomic E-state index is 0.450. The number of rotatable bonds is 2. The first kappa shape index (κ1) is 8.25. The molecule has 0 bridgehead atoms. The molecule has 5 nitrogen and oxygen atoms in total. The highest BCUT2D eigenvalue weighted by Gasteiger charge is 2.05. The summed E-state index contributed by atoms with van der Waals surface area (Å²) >= 11 is 5.60. The van der Waals surface area contributed by atoms with Crippen LogP contribution in [0.15, 0.2) is 12.5 Å². The molecular weight excluding hydrogens is 190 g/mol. The Morgan fingerprint density at radius 3 is 3.08 bits per heavy atom. The van der Waals surface area contributed by atoms with Gasteiger partial charge in [0.15, 0.2) is 5.65 Å². The van der Waals surface area contributed by atoms with Gasteiger partial charge < -0.3 is 5.73 Å². The Morgan fingerprint density at radius 1 is 1.46 bits per heavy atom. The van der Waals surface area contributed by atoms with Crippen LogP contribution in [0.3, 0.4) is 0 Å². The number of aryl methyl sites for hydroxylation is 1. The smallest absolute Gasteiger partial charge is 0.163 e. The third kappa shape index (κ3) is 1.31. The number of alkyl halides is 1. The Hall–Kier alpha value is -1.36. The first-order valence-electron chi connectivity index (χ1n) is 3.81. The Bertz CT molecular complexity index is 424. The predicted octanol–water partition coefficient (Wildman–Crippen LogP) is 0.647. The Morgan fingerprint density at radius 2 is 2.31 bits per heavy atom. The van der Waals surface area contributed by atoms with Gasteiger partial charge in [0.1, 0.15) is 12.1 Å². The van der Waals surface area contributed by atoms with Crippen molar-refractivity contribution in [3.05, 3.63) is 12.5 Å². The third-order valence-corrected chi connectivity index (χ3v) is 1.93. The summed E-state index contributed by atoms with van der Waals surface area (Å²) in [4.78, 5) is 7.93. The maximum atomic E-state index is 5.63. The summed E-state index contributed by atoms with van der Waals surface area (Å²) in [6.45, 7) is 0.626. The molecule has 0 aliphatic carbocycles. The quantitative estimate of drug-likeness (QED) is 0.718. The summed E-state index contributed by atoms with van der Waals surface area (Å²) in [5.41, 5.74) is 6.36. The largest absolute Gasteiger partial charge is 0.383 e. The molecule has 0 radical (unpaired) electrons. The van der Waals surface area contributed by atoms with Gasteiger partial charge >= 0.3 is 0 Å². The number of anilines is 1. The van der Waals surface area contributed by atoms with Gasteiger partial charge in [-0.2, -0.15) is 5.10 Å². The molecule has 0 spiro atoms. The maximum absolute atomic E-state index is 5.63. The van der Waals surface area contributed by atoms with E-state index in [0.717, 1.165) is 11.0 Å². The highest BCUT2D eigenvalue weighted by Crippen LogP contribution is 2.14. The second-order valence-electron chi connectivity index (χ2n) is 2.55. The zero-order valence-electron chi connectivity index (χ0n) is 6.81. The molecule has 0 aliphatic rings. The third-order valence-electron chi connectivity index (χ3n) is 1.76. The van der Waals surface area contributed by atoms with E-state index in [1.807, 2.05) is 0 Å². The summed E-state index contributed by atoms with van der Waals surface area (Å²) in [5, 5.41) is 4.87. The molecule has 0 unspecified atom stereocenters. The lowest BCUT2D eigenvalue weighted by Crippen LogP contribution is -2.02. The molecule has 0 saturated carbocycles. The number of nitrogens with zero attached hydrogens (tertiary/aromatic N) is 4. The average Bonchev–Trinajstić information content (AvgIpc) is 2.51. The van der Waals surface area contributed by atoms with E-state index in [-0.39, 0.29) is 0 Å². The van der Waals surface area contributed by atoms with Crippen LogP contribution in [0.4, 0.5) is 5.82 Å². The first-order chi connectivity index (χ1) is 6.33. The van der Waals surface area contributed by atoms with E-state index in [4.69, 9.17) is 17.3 Å². The van der Waals surface area contributed by atoms with Crippen molar-refractivity contribution in [3.63, 3.8) is 0 Å². The van der Waals surface area contributed by atoms with Gasteiger partial charge in [0.2, 0.25) is 0 Å². The van der Waals surface area contributed by atoms with E-state index in [2.05, 4.69) is 15.1 Å². The number of hydrogen-bond acceptors (Lipinski definition) is 4. The van der Waals surface area contributed by atoms with E-state index in [9.17, 15) is 0 Å². The molecule has 2 aromatic heterocycles. The normalized spacial score (nSPS) is 10.8. The second kappa shape index (κ2) is 3.18. The maximum Gasteiger partial charge on any atom is 0.163 e. The topological polar surface area (TPSA) is 69.6 Å². The Kier molecular flexibility index (Phi) is 2.02. The van der Waals surface area contributed by atoms with Crippen LogP contribution in [0.2, 0.25) is 0 Å². The second-order valence-corrected chi connectivity index (χ2v) is 2.93. The van der Waals surface area contributed by atoms with Crippen molar-refractivity contribution in [2.24, 2.45) is 0 Å². The number of halogens is 1. The summed E-state index contributed by atoms with van der Waals surface area (Å²) < 4.78 is 1.71. The number of aromatic nitrogens is 4. The fourth-order valence-corrected chi connectivity index (χ4v) is 1.31. The Labute approximate surface area is 79.5 Å². The van der Waals surface area contributed by atoms with Crippen LogP contribution >= 0.6 is 11.6 Å². The molecule has 2 rings (SSSR count). The van der Waals surface area contributed by atoms with E-state index in [1.165, 1.54) is 6.33 Å². The zero-order valence-corrected chi connectivity index (χ0v) is 7.57. The zero-order chi connectivity index (χ0) is 9.26. The minimum Gasteiger partial charge on any atom is -0.383 e. The van der Waals surface area contributed by atoms with Crippen molar-refractivity contribution < 1.29 is 0 Å². The van der Waals surface area contributed by atoms with Crippen molar-refractivity contribution in [1.29, 1.82) is 0 Å². The number of nitrogen functional groups attached to an aromatic ring is 1. The monoisotopic (exact) mass is 197 g/mol. The molecule has 2 N–H and O–H groups in total. The number of hydrogen-bond donors (Lipinski definition) is 1. The molecule has 68 valence electrons. The molecule has 0 fully saturated rings. The van der Waals surface area contributed by atoms with Gasteiger partial charge in [-0.3, -0.25) is 0 Å². The Balaban J connectivity index is 2.61. The van der Waals surface area contributed by atoms with Gasteiger partial charge in [0.05, 0.1) is 18.1 Å². The molecule has 2 aromatic rings. The van der Waals surface area contributed by atoms with Crippen molar-refractivity contribution >= 4 is 28.5 Å². The number of nitrogens with two attached hydrogens (primary N) is 1. The lowest BCUT2D eigenvalue weighted by molar-refractivity contribution is 0.680. The molecule has 6 heteroatoms. The lowest BCUT2D eigenvalue weighted by atomic mass is 10.4. The highest BCUT2D eigenvalue weighted by atomic mass is 35.5. The van der Waals surface area contributed by atoms with Crippen LogP contribution in [0.5, 0.6) is 0 Å². The predicted molar refractivity (Wildman–Crippen MR) is 50.5 cm³/mol. The molecule has 0 amide bonds. The van der Waals surface area contributed by atoms with E-state index in [1.54, 1.807) is 10.9 Å². The summed E-state index contributed by atoms with van der Waals surface area (Å²) in [6.07, 6.45) is 3.07. The minimum absolute atomic E-state index is 0.450. The van der Waals surface area contributed by atoms with Crippen molar-refractivity contribution in [2.45, 2.75) is 6.54 Å². The van der Waals surface area contributed by atoms with Crippen LogP contribution in [0, 0.1) is 0 Å². The van der Waals surface area contributed by atoms with Crippen LogP contribution in [-0.4, -0.2) is 25.6 Å². The molecular formula is C7H8ClN5. The molecule has 0 aliphatic heterocycles. The SMILES string of the molecule is Nc1ncnc2c1cnn2CCCl. The molecule has 2 heterocycles. The molecule has 13 heavy (non-hydrogen) atoms. The standard InChI is InChI=1S/C7H8ClN5/c8-1-2-13-7-5(3-12-13)6(9)10-4-11-7/h3-4H,1-2H2,(H2,9,10,11). The highest BCUT2D eigenvalue weighted by molar-refractivity contribution is 6.17. The van der Waals surface area contributed by atoms with E-state index >= 15 is 0 Å². The number of fused-ring (bicyclic) bond motifs is 1. The summed E-state index contributed by atoms with van der Waals surface area (Å²) in [5.74, 6) is 0.951.